The van der Waals surface area contributed by atoms with Crippen LogP contribution in [0, 0.1) is 6.92 Å². The molecule has 1 aliphatic rings. The third-order valence-corrected chi connectivity index (χ3v) is 6.87. The van der Waals surface area contributed by atoms with Crippen molar-refractivity contribution in [2.24, 2.45) is 0 Å². The van der Waals surface area contributed by atoms with Crippen molar-refractivity contribution >= 4 is 58.4 Å². The van der Waals surface area contributed by atoms with Crippen LogP contribution < -0.4 is 10.6 Å². The number of benzene rings is 2. The first-order chi connectivity index (χ1) is 15.4. The van der Waals surface area contributed by atoms with Crippen LogP contribution >= 0.6 is 35.6 Å². The molecule has 2 heterocycles. The van der Waals surface area contributed by atoms with Crippen molar-refractivity contribution in [3.05, 3.63) is 68.8 Å². The van der Waals surface area contributed by atoms with Gasteiger partial charge >= 0.3 is 5.97 Å². The number of hydrogen-bond acceptors (Lipinski definition) is 4. The molecular formula is C24H26Cl3N3O3. The Labute approximate surface area is 208 Å². The van der Waals surface area contributed by atoms with Crippen molar-refractivity contribution in [3.8, 4) is 0 Å². The average Bonchev–Trinajstić information content (AvgIpc) is 3.14. The first kappa shape index (κ1) is 25.4. The molecule has 0 bridgehead atoms. The van der Waals surface area contributed by atoms with Gasteiger partial charge < -0.3 is 20.4 Å². The van der Waals surface area contributed by atoms with E-state index in [1.54, 1.807) is 19.1 Å². The first-order valence-electron chi connectivity index (χ1n) is 10.6. The van der Waals surface area contributed by atoms with Crippen molar-refractivity contribution in [3.63, 3.8) is 0 Å². The number of H-pyrrole nitrogens is 1. The van der Waals surface area contributed by atoms with Crippen LogP contribution in [0.15, 0.2) is 36.4 Å². The van der Waals surface area contributed by atoms with E-state index < -0.39 is 5.54 Å². The van der Waals surface area contributed by atoms with E-state index >= 15 is 0 Å². The fourth-order valence-corrected chi connectivity index (χ4v) is 4.84. The van der Waals surface area contributed by atoms with Crippen LogP contribution in [0.25, 0.3) is 10.9 Å². The SMILES string of the molecule is CCOC(=O)c1cccc(C2(NC(=O)c3[nH]c4ccc(Cl)c(Cl)c4c3C)CCNCC2)c1.Cl. The van der Waals surface area contributed by atoms with Crippen LogP contribution in [0.5, 0.6) is 0 Å². The summed E-state index contributed by atoms with van der Waals surface area (Å²) in [5.74, 6) is -0.600. The maximum Gasteiger partial charge on any atom is 0.338 e. The van der Waals surface area contributed by atoms with Gasteiger partial charge in [0.05, 0.1) is 27.8 Å². The minimum Gasteiger partial charge on any atom is -0.462 e. The molecular weight excluding hydrogens is 485 g/mol. The van der Waals surface area contributed by atoms with Crippen LogP contribution in [0.3, 0.4) is 0 Å². The van der Waals surface area contributed by atoms with Gasteiger partial charge in [-0.15, -0.1) is 12.4 Å². The Hall–Kier alpha value is -2.25. The Morgan fingerprint density at radius 2 is 1.88 bits per heavy atom. The number of piperidine rings is 1. The topological polar surface area (TPSA) is 83.2 Å². The normalized spacial score (nSPS) is 15.0. The predicted molar refractivity (Wildman–Crippen MR) is 134 cm³/mol. The number of carbonyl (C=O) groups is 2. The Morgan fingerprint density at radius 1 is 1.15 bits per heavy atom. The summed E-state index contributed by atoms with van der Waals surface area (Å²) in [6.45, 7) is 5.43. The van der Waals surface area contributed by atoms with Gasteiger partial charge in [0.2, 0.25) is 0 Å². The lowest BCUT2D eigenvalue weighted by Gasteiger charge is -2.39. The second-order valence-corrected chi connectivity index (χ2v) is 8.78. The molecule has 0 atom stereocenters. The van der Waals surface area contributed by atoms with Gasteiger partial charge in [-0.1, -0.05) is 35.3 Å². The Kier molecular flexibility index (Phi) is 7.96. The van der Waals surface area contributed by atoms with E-state index in [1.165, 1.54) is 0 Å². The molecule has 176 valence electrons. The largest absolute Gasteiger partial charge is 0.462 e. The van der Waals surface area contributed by atoms with E-state index in [0.717, 1.165) is 35.1 Å². The Bertz CT molecular complexity index is 1190. The molecule has 0 unspecified atom stereocenters. The summed E-state index contributed by atoms with van der Waals surface area (Å²) < 4.78 is 5.16. The van der Waals surface area contributed by atoms with E-state index in [4.69, 9.17) is 27.9 Å². The van der Waals surface area contributed by atoms with E-state index in [9.17, 15) is 9.59 Å². The average molecular weight is 511 g/mol. The van der Waals surface area contributed by atoms with Crippen molar-refractivity contribution in [1.82, 2.24) is 15.6 Å². The number of nitrogens with one attached hydrogen (secondary N) is 3. The number of ether oxygens (including phenoxy) is 1. The molecule has 0 spiro atoms. The van der Waals surface area contributed by atoms with Gasteiger partial charge in [-0.05, 0) is 75.2 Å². The highest BCUT2D eigenvalue weighted by molar-refractivity contribution is 6.45. The van der Waals surface area contributed by atoms with Gasteiger partial charge in [0, 0.05) is 10.9 Å². The molecule has 6 nitrogen and oxygen atoms in total. The summed E-state index contributed by atoms with van der Waals surface area (Å²) in [5.41, 5.74) is 2.69. The summed E-state index contributed by atoms with van der Waals surface area (Å²) in [4.78, 5) is 28.9. The van der Waals surface area contributed by atoms with E-state index in [0.29, 0.717) is 40.8 Å². The van der Waals surface area contributed by atoms with Crippen molar-refractivity contribution < 1.29 is 14.3 Å². The quantitative estimate of drug-likeness (QED) is 0.402. The van der Waals surface area contributed by atoms with Gasteiger partial charge in [-0.2, -0.15) is 0 Å². The number of aromatic nitrogens is 1. The third kappa shape index (κ3) is 4.85. The summed E-state index contributed by atoms with van der Waals surface area (Å²) in [6, 6.07) is 10.8. The molecule has 0 saturated carbocycles. The molecule has 1 aromatic heterocycles. The highest BCUT2D eigenvalue weighted by Gasteiger charge is 2.37. The van der Waals surface area contributed by atoms with E-state index in [-0.39, 0.29) is 24.3 Å². The number of esters is 1. The third-order valence-electron chi connectivity index (χ3n) is 6.07. The minimum absolute atomic E-state index is 0. The second-order valence-electron chi connectivity index (χ2n) is 8.00. The first-order valence-corrected chi connectivity index (χ1v) is 11.4. The molecule has 9 heteroatoms. The number of fused-ring (bicyclic) bond motifs is 1. The summed E-state index contributed by atoms with van der Waals surface area (Å²) in [6.07, 6.45) is 1.38. The summed E-state index contributed by atoms with van der Waals surface area (Å²) in [7, 11) is 0. The van der Waals surface area contributed by atoms with Crippen molar-refractivity contribution in [2.45, 2.75) is 32.2 Å². The molecule has 3 N–H and O–H groups in total. The van der Waals surface area contributed by atoms with E-state index in [2.05, 4.69) is 15.6 Å². The lowest BCUT2D eigenvalue weighted by molar-refractivity contribution is 0.0526. The monoisotopic (exact) mass is 509 g/mol. The van der Waals surface area contributed by atoms with Crippen LogP contribution in [0.1, 0.15) is 51.7 Å². The van der Waals surface area contributed by atoms with Crippen LogP contribution in [0.2, 0.25) is 10.0 Å². The number of aromatic amines is 1. The molecule has 1 fully saturated rings. The molecule has 3 aromatic rings. The minimum atomic E-state index is -0.615. The number of carbonyl (C=O) groups excluding carboxylic acids is 2. The smallest absolute Gasteiger partial charge is 0.338 e. The zero-order valence-electron chi connectivity index (χ0n) is 18.4. The number of amides is 1. The van der Waals surface area contributed by atoms with Crippen LogP contribution in [-0.4, -0.2) is 36.6 Å². The molecule has 1 amide bonds. The predicted octanol–water partition coefficient (Wildman–Crippen LogP) is 5.39. The molecule has 2 aromatic carbocycles. The van der Waals surface area contributed by atoms with Crippen LogP contribution in [-0.2, 0) is 10.3 Å². The highest BCUT2D eigenvalue weighted by Crippen LogP contribution is 2.36. The van der Waals surface area contributed by atoms with Gasteiger partial charge in [-0.25, -0.2) is 4.79 Å². The van der Waals surface area contributed by atoms with Gasteiger partial charge in [0.25, 0.3) is 5.91 Å². The molecule has 1 aliphatic heterocycles. The molecule has 0 radical (unpaired) electrons. The van der Waals surface area contributed by atoms with Gasteiger partial charge in [0.1, 0.15) is 5.69 Å². The summed E-state index contributed by atoms with van der Waals surface area (Å²) >= 11 is 12.6. The second kappa shape index (κ2) is 10.3. The van der Waals surface area contributed by atoms with Gasteiger partial charge in [-0.3, -0.25) is 4.79 Å². The zero-order valence-corrected chi connectivity index (χ0v) is 20.7. The van der Waals surface area contributed by atoms with E-state index in [1.807, 2.05) is 31.2 Å². The lowest BCUT2D eigenvalue weighted by atomic mass is 9.80. The molecule has 33 heavy (non-hydrogen) atoms. The zero-order chi connectivity index (χ0) is 22.9. The maximum absolute atomic E-state index is 13.5. The summed E-state index contributed by atoms with van der Waals surface area (Å²) in [5, 5.41) is 8.22. The lowest BCUT2D eigenvalue weighted by Crippen LogP contribution is -2.52. The number of aryl methyl sites for hydroxylation is 1. The van der Waals surface area contributed by atoms with Crippen molar-refractivity contribution in [1.29, 1.82) is 0 Å². The fourth-order valence-electron chi connectivity index (χ4n) is 4.38. The Balaban J connectivity index is 0.00000306. The molecule has 1 saturated heterocycles. The standard InChI is InChI=1S/C24H25Cl2N3O3.ClH/c1-3-32-23(31)15-5-4-6-16(13-15)24(9-11-27-12-10-24)29-22(30)21-14(2)19-18(28-21)8-7-17(25)20(19)26;/h4-8,13,27-28H,3,9-12H2,1-2H3,(H,29,30);1H. The van der Waals surface area contributed by atoms with Crippen molar-refractivity contribution in [2.75, 3.05) is 19.7 Å². The number of halogens is 3. The molecule has 0 aliphatic carbocycles. The van der Waals surface area contributed by atoms with Gasteiger partial charge in [0.15, 0.2) is 0 Å². The Morgan fingerprint density at radius 3 is 2.58 bits per heavy atom. The highest BCUT2D eigenvalue weighted by atomic mass is 35.5. The fraction of sp³-hybridized carbons (Fsp3) is 0.333. The molecule has 4 rings (SSSR count). The number of rotatable bonds is 5. The van der Waals surface area contributed by atoms with Crippen LogP contribution in [0.4, 0.5) is 0 Å². The number of hydrogen-bond donors (Lipinski definition) is 3. The maximum atomic E-state index is 13.5.